The fourth-order valence-corrected chi connectivity index (χ4v) is 3.56. The molecule has 1 aliphatic rings. The molecule has 0 spiro atoms. The van der Waals surface area contributed by atoms with Crippen LogP contribution in [0, 0.1) is 0 Å². The van der Waals surface area contributed by atoms with Crippen molar-refractivity contribution in [2.75, 3.05) is 16.8 Å². The van der Waals surface area contributed by atoms with Crippen molar-refractivity contribution in [1.82, 2.24) is 4.98 Å². The van der Waals surface area contributed by atoms with Crippen LogP contribution in [-0.4, -0.2) is 23.2 Å². The van der Waals surface area contributed by atoms with Gasteiger partial charge in [0.15, 0.2) is 4.47 Å². The third-order valence-electron chi connectivity index (χ3n) is 3.59. The Morgan fingerprint density at radius 1 is 1.46 bits per heavy atom. The lowest BCUT2D eigenvalue weighted by atomic mass is 10.1. The summed E-state index contributed by atoms with van der Waals surface area (Å²) in [5.74, 6) is 0. The SMILES string of the molecule is CC(C)(C)OC(=O)N1CCc2cccc(NCc3cnc(Cl)s3)c21. The molecule has 1 N–H and O–H groups in total. The number of carbonyl (C=O) groups excluding carboxylic acids is 1. The number of anilines is 2. The van der Waals surface area contributed by atoms with Crippen molar-refractivity contribution in [3.63, 3.8) is 0 Å². The molecule has 1 aliphatic heterocycles. The number of benzene rings is 1. The van der Waals surface area contributed by atoms with Gasteiger partial charge in [-0.3, -0.25) is 4.90 Å². The minimum Gasteiger partial charge on any atom is -0.443 e. The molecule has 1 amide bonds. The van der Waals surface area contributed by atoms with Crippen LogP contribution in [-0.2, 0) is 17.7 Å². The molecule has 128 valence electrons. The van der Waals surface area contributed by atoms with Crippen LogP contribution >= 0.6 is 22.9 Å². The summed E-state index contributed by atoms with van der Waals surface area (Å²) in [5, 5.41) is 3.38. The number of rotatable bonds is 3. The largest absolute Gasteiger partial charge is 0.443 e. The molecule has 0 saturated heterocycles. The molecule has 0 fully saturated rings. The van der Waals surface area contributed by atoms with E-state index in [4.69, 9.17) is 16.3 Å². The predicted octanol–water partition coefficient (Wildman–Crippen LogP) is 4.71. The first kappa shape index (κ1) is 17.0. The van der Waals surface area contributed by atoms with E-state index in [1.807, 2.05) is 32.9 Å². The predicted molar refractivity (Wildman–Crippen MR) is 98.2 cm³/mol. The molecule has 3 rings (SSSR count). The number of aromatic nitrogens is 1. The van der Waals surface area contributed by atoms with Gasteiger partial charge in [0.25, 0.3) is 0 Å². The average molecular weight is 366 g/mol. The van der Waals surface area contributed by atoms with Gasteiger partial charge in [0.05, 0.1) is 17.9 Å². The highest BCUT2D eigenvalue weighted by Gasteiger charge is 2.30. The van der Waals surface area contributed by atoms with Gasteiger partial charge in [-0.25, -0.2) is 9.78 Å². The Hall–Kier alpha value is -1.79. The molecule has 0 aliphatic carbocycles. The maximum atomic E-state index is 12.5. The lowest BCUT2D eigenvalue weighted by Gasteiger charge is -2.26. The van der Waals surface area contributed by atoms with Crippen LogP contribution in [0.1, 0.15) is 31.2 Å². The number of thiazole rings is 1. The summed E-state index contributed by atoms with van der Waals surface area (Å²) in [4.78, 5) is 19.3. The van der Waals surface area contributed by atoms with Crippen molar-refractivity contribution < 1.29 is 9.53 Å². The zero-order chi connectivity index (χ0) is 17.3. The number of nitrogens with zero attached hydrogens (tertiary/aromatic N) is 2. The third-order valence-corrected chi connectivity index (χ3v) is 4.70. The Balaban J connectivity index is 1.80. The first-order chi connectivity index (χ1) is 11.3. The van der Waals surface area contributed by atoms with Gasteiger partial charge >= 0.3 is 6.09 Å². The summed E-state index contributed by atoms with van der Waals surface area (Å²) < 4.78 is 6.06. The second kappa shape index (κ2) is 6.61. The molecule has 0 atom stereocenters. The summed E-state index contributed by atoms with van der Waals surface area (Å²) in [6, 6.07) is 6.03. The Morgan fingerprint density at radius 2 is 2.25 bits per heavy atom. The third kappa shape index (κ3) is 3.82. The van der Waals surface area contributed by atoms with Gasteiger partial charge in [-0.15, -0.1) is 11.3 Å². The monoisotopic (exact) mass is 365 g/mol. The minimum atomic E-state index is -0.512. The molecule has 1 aromatic carbocycles. The van der Waals surface area contributed by atoms with Crippen molar-refractivity contribution in [2.45, 2.75) is 39.3 Å². The lowest BCUT2D eigenvalue weighted by Crippen LogP contribution is -2.36. The molecular formula is C17H20ClN3O2S. The van der Waals surface area contributed by atoms with Gasteiger partial charge in [0, 0.05) is 17.6 Å². The quantitative estimate of drug-likeness (QED) is 0.856. The van der Waals surface area contributed by atoms with Crippen LogP contribution in [0.4, 0.5) is 16.2 Å². The van der Waals surface area contributed by atoms with Crippen LogP contribution in [0.5, 0.6) is 0 Å². The maximum Gasteiger partial charge on any atom is 0.414 e. The van der Waals surface area contributed by atoms with E-state index in [2.05, 4.69) is 16.4 Å². The summed E-state index contributed by atoms with van der Waals surface area (Å²) in [5.41, 5.74) is 2.46. The topological polar surface area (TPSA) is 54.5 Å². The summed E-state index contributed by atoms with van der Waals surface area (Å²) in [6.45, 7) is 6.87. The number of ether oxygens (including phenoxy) is 1. The number of para-hydroxylation sites is 1. The van der Waals surface area contributed by atoms with Crippen LogP contribution in [0.2, 0.25) is 4.47 Å². The second-order valence-corrected chi connectivity index (χ2v) is 8.33. The lowest BCUT2D eigenvalue weighted by molar-refractivity contribution is 0.0584. The Labute approximate surface area is 150 Å². The smallest absolute Gasteiger partial charge is 0.414 e. The molecule has 0 bridgehead atoms. The highest BCUT2D eigenvalue weighted by Crippen LogP contribution is 2.37. The maximum absolute atomic E-state index is 12.5. The first-order valence-electron chi connectivity index (χ1n) is 7.80. The van der Waals surface area contributed by atoms with E-state index in [1.54, 1.807) is 11.1 Å². The highest BCUT2D eigenvalue weighted by atomic mass is 35.5. The molecule has 7 heteroatoms. The zero-order valence-electron chi connectivity index (χ0n) is 13.9. The molecule has 2 heterocycles. The van der Waals surface area contributed by atoms with Gasteiger partial charge in [-0.2, -0.15) is 0 Å². The van der Waals surface area contributed by atoms with Crippen LogP contribution in [0.15, 0.2) is 24.4 Å². The molecule has 2 aromatic rings. The Bertz CT molecular complexity index is 755. The minimum absolute atomic E-state index is 0.309. The molecule has 0 radical (unpaired) electrons. The first-order valence-corrected chi connectivity index (χ1v) is 8.99. The fourth-order valence-electron chi connectivity index (χ4n) is 2.65. The van der Waals surface area contributed by atoms with E-state index in [-0.39, 0.29) is 6.09 Å². The van der Waals surface area contributed by atoms with E-state index in [1.165, 1.54) is 11.3 Å². The van der Waals surface area contributed by atoms with Crippen molar-refractivity contribution >= 4 is 40.4 Å². The van der Waals surface area contributed by atoms with Gasteiger partial charge in [-0.1, -0.05) is 23.7 Å². The number of nitrogens with one attached hydrogen (secondary N) is 1. The van der Waals surface area contributed by atoms with E-state index < -0.39 is 5.60 Å². The van der Waals surface area contributed by atoms with E-state index in [0.29, 0.717) is 17.6 Å². The summed E-state index contributed by atoms with van der Waals surface area (Å²) in [7, 11) is 0. The Morgan fingerprint density at radius 3 is 2.92 bits per heavy atom. The number of halogens is 1. The van der Waals surface area contributed by atoms with E-state index in [0.717, 1.165) is 28.2 Å². The van der Waals surface area contributed by atoms with Crippen molar-refractivity contribution in [2.24, 2.45) is 0 Å². The van der Waals surface area contributed by atoms with Gasteiger partial charge in [0.1, 0.15) is 5.60 Å². The number of carbonyl (C=O) groups is 1. The van der Waals surface area contributed by atoms with Crippen LogP contribution in [0.25, 0.3) is 0 Å². The fraction of sp³-hybridized carbons (Fsp3) is 0.412. The number of fused-ring (bicyclic) bond motifs is 1. The normalized spacial score (nSPS) is 13.8. The van der Waals surface area contributed by atoms with Crippen molar-refractivity contribution in [3.05, 3.63) is 39.3 Å². The molecular weight excluding hydrogens is 346 g/mol. The molecule has 1 aromatic heterocycles. The number of amides is 1. The van der Waals surface area contributed by atoms with E-state index in [9.17, 15) is 4.79 Å². The van der Waals surface area contributed by atoms with Gasteiger partial charge in [-0.05, 0) is 38.8 Å². The van der Waals surface area contributed by atoms with Gasteiger partial charge in [0.2, 0.25) is 0 Å². The summed E-state index contributed by atoms with van der Waals surface area (Å²) in [6.07, 6.45) is 2.28. The van der Waals surface area contributed by atoms with Crippen molar-refractivity contribution in [3.8, 4) is 0 Å². The number of hydrogen-bond donors (Lipinski definition) is 1. The van der Waals surface area contributed by atoms with Crippen molar-refractivity contribution in [1.29, 1.82) is 0 Å². The number of hydrogen-bond acceptors (Lipinski definition) is 5. The van der Waals surface area contributed by atoms with Crippen LogP contribution < -0.4 is 10.2 Å². The molecule has 5 nitrogen and oxygen atoms in total. The van der Waals surface area contributed by atoms with E-state index >= 15 is 0 Å². The van der Waals surface area contributed by atoms with Gasteiger partial charge < -0.3 is 10.1 Å². The van der Waals surface area contributed by atoms with Crippen LogP contribution in [0.3, 0.4) is 0 Å². The second-order valence-electron chi connectivity index (χ2n) is 6.63. The molecule has 0 saturated carbocycles. The summed E-state index contributed by atoms with van der Waals surface area (Å²) >= 11 is 7.31. The Kier molecular flexibility index (Phi) is 4.69. The zero-order valence-corrected chi connectivity index (χ0v) is 15.5. The molecule has 0 unspecified atom stereocenters. The average Bonchev–Trinajstić information content (AvgIpc) is 3.09. The molecule has 24 heavy (non-hydrogen) atoms. The standard InChI is InChI=1S/C17H20ClN3O2S/c1-17(2,3)23-16(22)21-8-7-11-5-4-6-13(14(11)21)19-9-12-10-20-15(18)24-12/h4-6,10,19H,7-9H2,1-3H3. The highest BCUT2D eigenvalue weighted by molar-refractivity contribution is 7.15.